The molecule has 0 fully saturated rings. The highest BCUT2D eigenvalue weighted by Gasteiger charge is 2.05. The molecule has 3 rings (SSSR count). The number of furan rings is 1. The third-order valence-electron chi connectivity index (χ3n) is 3.67. The number of hydrogen-bond donors (Lipinski definition) is 2. The quantitative estimate of drug-likeness (QED) is 0.635. The van der Waals surface area contributed by atoms with Gasteiger partial charge in [-0.25, -0.2) is 4.79 Å². The molecule has 2 aromatic heterocycles. The molecule has 0 radical (unpaired) electrons. The highest BCUT2D eigenvalue weighted by molar-refractivity contribution is 5.89. The summed E-state index contributed by atoms with van der Waals surface area (Å²) in [5, 5.41) is 13.5. The average Bonchev–Trinajstić information content (AvgIpc) is 3.21. The SMILES string of the molecule is CCc1ccc(NC(=O)NCCOc2ccc(-c3ccco3)nn2)cc1. The van der Waals surface area contributed by atoms with Crippen LogP contribution in [0.1, 0.15) is 12.5 Å². The van der Waals surface area contributed by atoms with E-state index in [0.717, 1.165) is 12.1 Å². The van der Waals surface area contributed by atoms with Crippen molar-refractivity contribution >= 4 is 11.7 Å². The minimum atomic E-state index is -0.280. The van der Waals surface area contributed by atoms with Gasteiger partial charge < -0.3 is 19.8 Å². The van der Waals surface area contributed by atoms with Gasteiger partial charge in [0.1, 0.15) is 12.3 Å². The minimum absolute atomic E-state index is 0.280. The summed E-state index contributed by atoms with van der Waals surface area (Å²) in [6.45, 7) is 2.72. The number of rotatable bonds is 7. The Balaban J connectivity index is 1.38. The van der Waals surface area contributed by atoms with Crippen LogP contribution in [0.3, 0.4) is 0 Å². The van der Waals surface area contributed by atoms with E-state index in [1.807, 2.05) is 30.3 Å². The molecule has 7 heteroatoms. The molecular weight excluding hydrogens is 332 g/mol. The predicted molar refractivity (Wildman–Crippen MR) is 98.1 cm³/mol. The van der Waals surface area contributed by atoms with Crippen molar-refractivity contribution in [3.8, 4) is 17.3 Å². The van der Waals surface area contributed by atoms with Crippen molar-refractivity contribution in [2.75, 3.05) is 18.5 Å². The van der Waals surface area contributed by atoms with Crippen molar-refractivity contribution in [3.05, 3.63) is 60.4 Å². The van der Waals surface area contributed by atoms with Gasteiger partial charge in [0.05, 0.1) is 12.8 Å². The molecule has 3 aromatic rings. The van der Waals surface area contributed by atoms with Crippen LogP contribution >= 0.6 is 0 Å². The zero-order valence-electron chi connectivity index (χ0n) is 14.4. The number of amides is 2. The zero-order chi connectivity index (χ0) is 18.2. The number of ether oxygens (including phenoxy) is 1. The fourth-order valence-corrected chi connectivity index (χ4v) is 2.27. The van der Waals surface area contributed by atoms with E-state index in [1.165, 1.54) is 5.56 Å². The summed E-state index contributed by atoms with van der Waals surface area (Å²) in [5.41, 5.74) is 2.61. The number of benzene rings is 1. The molecule has 7 nitrogen and oxygen atoms in total. The number of nitrogens with one attached hydrogen (secondary N) is 2. The summed E-state index contributed by atoms with van der Waals surface area (Å²) < 4.78 is 10.7. The van der Waals surface area contributed by atoms with Crippen LogP contribution in [0.25, 0.3) is 11.5 Å². The topological polar surface area (TPSA) is 89.3 Å². The molecule has 0 aliphatic carbocycles. The van der Waals surface area contributed by atoms with Gasteiger partial charge in [-0.15, -0.1) is 10.2 Å². The molecule has 0 atom stereocenters. The first-order chi connectivity index (χ1) is 12.7. The number of nitrogens with zero attached hydrogens (tertiary/aromatic N) is 2. The summed E-state index contributed by atoms with van der Waals surface area (Å²) in [4.78, 5) is 11.8. The van der Waals surface area contributed by atoms with E-state index in [-0.39, 0.29) is 12.6 Å². The number of urea groups is 1. The van der Waals surface area contributed by atoms with Crippen LogP contribution in [0.4, 0.5) is 10.5 Å². The second-order valence-electron chi connectivity index (χ2n) is 5.51. The molecule has 0 bridgehead atoms. The summed E-state index contributed by atoms with van der Waals surface area (Å²) >= 11 is 0. The van der Waals surface area contributed by atoms with Gasteiger partial charge >= 0.3 is 6.03 Å². The van der Waals surface area contributed by atoms with Crippen molar-refractivity contribution in [2.45, 2.75) is 13.3 Å². The third-order valence-corrected chi connectivity index (χ3v) is 3.67. The molecule has 134 valence electrons. The fourth-order valence-electron chi connectivity index (χ4n) is 2.27. The number of hydrogen-bond acceptors (Lipinski definition) is 5. The van der Waals surface area contributed by atoms with Crippen LogP contribution in [-0.4, -0.2) is 29.4 Å². The van der Waals surface area contributed by atoms with E-state index in [0.29, 0.717) is 23.9 Å². The summed E-state index contributed by atoms with van der Waals surface area (Å²) in [7, 11) is 0. The zero-order valence-corrected chi connectivity index (χ0v) is 14.4. The molecule has 0 unspecified atom stereocenters. The van der Waals surface area contributed by atoms with Crippen LogP contribution in [0.15, 0.2) is 59.2 Å². The van der Waals surface area contributed by atoms with E-state index in [1.54, 1.807) is 24.5 Å². The van der Waals surface area contributed by atoms with Gasteiger partial charge in [0.2, 0.25) is 5.88 Å². The monoisotopic (exact) mass is 352 g/mol. The summed E-state index contributed by atoms with van der Waals surface area (Å²) in [5.74, 6) is 1.03. The van der Waals surface area contributed by atoms with Gasteiger partial charge in [0.25, 0.3) is 0 Å². The first-order valence-electron chi connectivity index (χ1n) is 8.39. The van der Waals surface area contributed by atoms with Gasteiger partial charge in [0, 0.05) is 11.8 Å². The predicted octanol–water partition coefficient (Wildman–Crippen LogP) is 3.50. The van der Waals surface area contributed by atoms with E-state index in [9.17, 15) is 4.79 Å². The fraction of sp³-hybridized carbons (Fsp3) is 0.211. The van der Waals surface area contributed by atoms with E-state index in [4.69, 9.17) is 9.15 Å². The third kappa shape index (κ3) is 4.83. The standard InChI is InChI=1S/C19H20N4O3/c1-2-14-5-7-15(8-6-14)21-19(24)20-11-13-26-18-10-9-16(22-23-18)17-4-3-12-25-17/h3-10,12H,2,11,13H2,1H3,(H2,20,21,24). The Morgan fingerprint density at radius 3 is 2.62 bits per heavy atom. The van der Waals surface area contributed by atoms with E-state index < -0.39 is 0 Å². The van der Waals surface area contributed by atoms with Gasteiger partial charge in [-0.2, -0.15) is 0 Å². The van der Waals surface area contributed by atoms with Crippen molar-refractivity contribution in [3.63, 3.8) is 0 Å². The lowest BCUT2D eigenvalue weighted by atomic mass is 10.1. The molecule has 26 heavy (non-hydrogen) atoms. The number of aryl methyl sites for hydroxylation is 1. The molecule has 2 amide bonds. The van der Waals surface area contributed by atoms with Crippen LogP contribution < -0.4 is 15.4 Å². The highest BCUT2D eigenvalue weighted by Crippen LogP contribution is 2.17. The van der Waals surface area contributed by atoms with E-state index in [2.05, 4.69) is 27.8 Å². The van der Waals surface area contributed by atoms with Crippen LogP contribution in [0.5, 0.6) is 5.88 Å². The number of carbonyl (C=O) groups is 1. The molecule has 1 aromatic carbocycles. The Hall–Kier alpha value is -3.35. The molecule has 0 aliphatic heterocycles. The van der Waals surface area contributed by atoms with Crippen LogP contribution in [0.2, 0.25) is 0 Å². The Morgan fingerprint density at radius 2 is 1.96 bits per heavy atom. The van der Waals surface area contributed by atoms with Crippen LogP contribution in [-0.2, 0) is 6.42 Å². The summed E-state index contributed by atoms with van der Waals surface area (Å²) in [6, 6.07) is 14.5. The van der Waals surface area contributed by atoms with Gasteiger partial charge in [-0.05, 0) is 42.3 Å². The molecular formula is C19H20N4O3. The Bertz CT molecular complexity index is 815. The van der Waals surface area contributed by atoms with Crippen molar-refractivity contribution in [1.82, 2.24) is 15.5 Å². The second-order valence-corrected chi connectivity index (χ2v) is 5.51. The normalized spacial score (nSPS) is 10.3. The second kappa shape index (κ2) is 8.66. The average molecular weight is 352 g/mol. The molecule has 0 aliphatic rings. The first kappa shape index (κ1) is 17.5. The Morgan fingerprint density at radius 1 is 1.12 bits per heavy atom. The Labute approximate surface area is 151 Å². The van der Waals surface area contributed by atoms with Crippen molar-refractivity contribution in [1.29, 1.82) is 0 Å². The minimum Gasteiger partial charge on any atom is -0.475 e. The number of aromatic nitrogens is 2. The van der Waals surface area contributed by atoms with Crippen LogP contribution in [0, 0.1) is 0 Å². The van der Waals surface area contributed by atoms with Gasteiger partial charge in [0.15, 0.2) is 5.76 Å². The maximum atomic E-state index is 11.8. The molecule has 0 spiro atoms. The lowest BCUT2D eigenvalue weighted by molar-refractivity contribution is 0.246. The van der Waals surface area contributed by atoms with Gasteiger partial charge in [-0.1, -0.05) is 19.1 Å². The molecule has 0 saturated heterocycles. The summed E-state index contributed by atoms with van der Waals surface area (Å²) in [6.07, 6.45) is 2.55. The molecule has 2 N–H and O–H groups in total. The van der Waals surface area contributed by atoms with E-state index >= 15 is 0 Å². The molecule has 2 heterocycles. The maximum absolute atomic E-state index is 11.8. The van der Waals surface area contributed by atoms with Crippen molar-refractivity contribution < 1.29 is 13.9 Å². The lowest BCUT2D eigenvalue weighted by Crippen LogP contribution is -2.32. The Kier molecular flexibility index (Phi) is 5.82. The van der Waals surface area contributed by atoms with Crippen molar-refractivity contribution in [2.24, 2.45) is 0 Å². The number of anilines is 1. The highest BCUT2D eigenvalue weighted by atomic mass is 16.5. The maximum Gasteiger partial charge on any atom is 0.319 e. The molecule has 0 saturated carbocycles. The smallest absolute Gasteiger partial charge is 0.319 e. The van der Waals surface area contributed by atoms with Gasteiger partial charge in [-0.3, -0.25) is 0 Å². The lowest BCUT2D eigenvalue weighted by Gasteiger charge is -2.09. The largest absolute Gasteiger partial charge is 0.475 e. The number of carbonyl (C=O) groups excluding carboxylic acids is 1. The first-order valence-corrected chi connectivity index (χ1v) is 8.39.